The highest BCUT2D eigenvalue weighted by atomic mass is 19.3. The number of carbonyl (C=O) groups excluding carboxylic acids is 1. The molecule has 0 radical (unpaired) electrons. The number of hydrogen-bond donors (Lipinski definition) is 1. The number of benzene rings is 2. The molecule has 0 bridgehead atoms. The molecule has 1 aliphatic carbocycles. The SMILES string of the molecule is O=C(NC1CCN(CC(F)F)CC1)c1c2c(nc3ccccc13)/C(=C\c1ccc3c(c1)OCO3)CC2. The summed E-state index contributed by atoms with van der Waals surface area (Å²) in [6.07, 6.45) is 2.63. The van der Waals surface area contributed by atoms with E-state index in [0.29, 0.717) is 31.5 Å². The molecule has 8 heteroatoms. The summed E-state index contributed by atoms with van der Waals surface area (Å²) in [7, 11) is 0. The van der Waals surface area contributed by atoms with Crippen molar-refractivity contribution < 1.29 is 23.0 Å². The highest BCUT2D eigenvalue weighted by molar-refractivity contribution is 6.09. The van der Waals surface area contributed by atoms with Crippen LogP contribution in [-0.4, -0.2) is 54.7 Å². The van der Waals surface area contributed by atoms with Crippen LogP contribution in [0.2, 0.25) is 0 Å². The van der Waals surface area contributed by atoms with Crippen LogP contribution in [0.4, 0.5) is 8.78 Å². The number of aromatic nitrogens is 1. The van der Waals surface area contributed by atoms with Gasteiger partial charge in [-0.3, -0.25) is 9.69 Å². The zero-order valence-electron chi connectivity index (χ0n) is 19.8. The number of para-hydroxylation sites is 1. The molecule has 2 aliphatic heterocycles. The third-order valence-electron chi connectivity index (χ3n) is 7.23. The van der Waals surface area contributed by atoms with Gasteiger partial charge in [0.25, 0.3) is 12.3 Å². The monoisotopic (exact) mass is 491 g/mol. The van der Waals surface area contributed by atoms with Crippen molar-refractivity contribution in [2.75, 3.05) is 26.4 Å². The van der Waals surface area contributed by atoms with Crippen molar-refractivity contribution >= 4 is 28.5 Å². The molecule has 0 unspecified atom stereocenters. The van der Waals surface area contributed by atoms with Crippen LogP contribution in [0.25, 0.3) is 22.6 Å². The molecule has 1 N–H and O–H groups in total. The van der Waals surface area contributed by atoms with Gasteiger partial charge >= 0.3 is 0 Å². The Bertz CT molecular complexity index is 1350. The van der Waals surface area contributed by atoms with Gasteiger partial charge in [-0.05, 0) is 66.7 Å². The number of fused-ring (bicyclic) bond motifs is 3. The predicted octanol–water partition coefficient (Wildman–Crippen LogP) is 4.91. The lowest BCUT2D eigenvalue weighted by Crippen LogP contribution is -2.46. The largest absolute Gasteiger partial charge is 0.454 e. The minimum Gasteiger partial charge on any atom is -0.454 e. The summed E-state index contributed by atoms with van der Waals surface area (Å²) in [4.78, 5) is 20.3. The van der Waals surface area contributed by atoms with Gasteiger partial charge in [-0.25, -0.2) is 13.8 Å². The van der Waals surface area contributed by atoms with E-state index in [1.54, 1.807) is 4.90 Å². The topological polar surface area (TPSA) is 63.7 Å². The van der Waals surface area contributed by atoms with E-state index in [1.807, 2.05) is 42.5 Å². The first-order valence-corrected chi connectivity index (χ1v) is 12.4. The maximum Gasteiger partial charge on any atom is 0.252 e. The summed E-state index contributed by atoms with van der Waals surface area (Å²) in [5.41, 5.74) is 5.38. The van der Waals surface area contributed by atoms with E-state index in [4.69, 9.17) is 14.5 Å². The summed E-state index contributed by atoms with van der Waals surface area (Å²) >= 11 is 0. The van der Waals surface area contributed by atoms with E-state index in [1.165, 1.54) is 0 Å². The summed E-state index contributed by atoms with van der Waals surface area (Å²) in [6.45, 7) is 1.15. The average Bonchev–Trinajstić information content (AvgIpc) is 3.50. The highest BCUT2D eigenvalue weighted by Crippen LogP contribution is 2.39. The van der Waals surface area contributed by atoms with Gasteiger partial charge in [0.1, 0.15) is 0 Å². The van der Waals surface area contributed by atoms with Crippen molar-refractivity contribution in [3.63, 3.8) is 0 Å². The lowest BCUT2D eigenvalue weighted by atomic mass is 9.98. The first-order valence-electron chi connectivity index (χ1n) is 12.4. The summed E-state index contributed by atoms with van der Waals surface area (Å²) < 4.78 is 36.4. The van der Waals surface area contributed by atoms with Crippen LogP contribution in [0.3, 0.4) is 0 Å². The van der Waals surface area contributed by atoms with Gasteiger partial charge in [0.15, 0.2) is 11.5 Å². The van der Waals surface area contributed by atoms with Crippen LogP contribution < -0.4 is 14.8 Å². The van der Waals surface area contributed by atoms with Crippen molar-refractivity contribution in [3.8, 4) is 11.5 Å². The van der Waals surface area contributed by atoms with Crippen molar-refractivity contribution in [1.29, 1.82) is 0 Å². The summed E-state index contributed by atoms with van der Waals surface area (Å²) in [5, 5.41) is 4.03. The van der Waals surface area contributed by atoms with E-state index < -0.39 is 6.43 Å². The first kappa shape index (κ1) is 22.9. The number of nitrogens with zero attached hydrogens (tertiary/aromatic N) is 2. The molecule has 6 rings (SSSR count). The number of rotatable bonds is 5. The fourth-order valence-electron chi connectivity index (χ4n) is 5.46. The second-order valence-corrected chi connectivity index (χ2v) is 9.55. The summed E-state index contributed by atoms with van der Waals surface area (Å²) in [5.74, 6) is 1.36. The maximum atomic E-state index is 13.6. The zero-order chi connectivity index (χ0) is 24.6. The first-order chi connectivity index (χ1) is 17.5. The van der Waals surface area contributed by atoms with E-state index in [-0.39, 0.29) is 25.3 Å². The minimum atomic E-state index is -2.33. The number of alkyl halides is 2. The normalized spacial score (nSPS) is 18.8. The Balaban J connectivity index is 1.30. The molecular weight excluding hydrogens is 464 g/mol. The van der Waals surface area contributed by atoms with Gasteiger partial charge < -0.3 is 14.8 Å². The number of amides is 1. The number of allylic oxidation sites excluding steroid dienone is 1. The maximum absolute atomic E-state index is 13.6. The predicted molar refractivity (Wildman–Crippen MR) is 133 cm³/mol. The second-order valence-electron chi connectivity index (χ2n) is 9.55. The lowest BCUT2D eigenvalue weighted by Gasteiger charge is -2.32. The van der Waals surface area contributed by atoms with E-state index in [2.05, 4.69) is 11.4 Å². The standard InChI is InChI=1S/C28H27F2N3O3/c29-25(30)15-33-11-9-19(10-12-33)31-28(34)26-20-3-1-2-4-22(20)32-27-18(6-7-21(26)27)13-17-5-8-23-24(14-17)36-16-35-23/h1-5,8,13-14,19,25H,6-7,9-12,15-16H2,(H,31,34)/b18-13-. The van der Waals surface area contributed by atoms with Crippen LogP contribution in [0.15, 0.2) is 42.5 Å². The Labute approximate surface area is 207 Å². The van der Waals surface area contributed by atoms with Crippen molar-refractivity contribution in [2.24, 2.45) is 0 Å². The van der Waals surface area contributed by atoms with Crippen LogP contribution in [0, 0.1) is 0 Å². The molecule has 36 heavy (non-hydrogen) atoms. The molecule has 1 fully saturated rings. The van der Waals surface area contributed by atoms with Gasteiger partial charge in [-0.1, -0.05) is 24.3 Å². The molecule has 1 amide bonds. The molecule has 2 aromatic carbocycles. The molecule has 1 saturated heterocycles. The molecule has 0 saturated carbocycles. The molecule has 1 aromatic heterocycles. The number of piperidine rings is 1. The second kappa shape index (κ2) is 9.50. The third-order valence-corrected chi connectivity index (χ3v) is 7.23. The van der Waals surface area contributed by atoms with E-state index in [9.17, 15) is 13.6 Å². The van der Waals surface area contributed by atoms with Crippen LogP contribution in [0.5, 0.6) is 11.5 Å². The number of pyridine rings is 1. The van der Waals surface area contributed by atoms with Gasteiger partial charge in [0.05, 0.1) is 23.3 Å². The number of carbonyl (C=O) groups is 1. The fourth-order valence-corrected chi connectivity index (χ4v) is 5.46. The van der Waals surface area contributed by atoms with Gasteiger partial charge in [0, 0.05) is 24.5 Å². The Morgan fingerprint density at radius 3 is 2.75 bits per heavy atom. The third kappa shape index (κ3) is 4.41. The smallest absolute Gasteiger partial charge is 0.252 e. The Kier molecular flexibility index (Phi) is 6.05. The minimum absolute atomic E-state index is 0.0287. The van der Waals surface area contributed by atoms with Gasteiger partial charge in [0.2, 0.25) is 6.79 Å². The fraction of sp³-hybridized carbons (Fsp3) is 0.357. The summed E-state index contributed by atoms with van der Waals surface area (Å²) in [6, 6.07) is 13.6. The molecule has 186 valence electrons. The lowest BCUT2D eigenvalue weighted by molar-refractivity contribution is 0.0696. The van der Waals surface area contributed by atoms with Crippen LogP contribution in [0.1, 0.15) is 46.4 Å². The number of hydrogen-bond acceptors (Lipinski definition) is 5. The Hall–Kier alpha value is -3.52. The molecule has 3 aromatic rings. The molecule has 0 spiro atoms. The van der Waals surface area contributed by atoms with Crippen molar-refractivity contribution in [1.82, 2.24) is 15.2 Å². The zero-order valence-corrected chi connectivity index (χ0v) is 19.8. The molecule has 3 aliphatic rings. The van der Waals surface area contributed by atoms with E-state index in [0.717, 1.165) is 57.6 Å². The Morgan fingerprint density at radius 1 is 1.11 bits per heavy atom. The molecule has 0 atom stereocenters. The van der Waals surface area contributed by atoms with Crippen molar-refractivity contribution in [2.45, 2.75) is 38.2 Å². The highest BCUT2D eigenvalue weighted by Gasteiger charge is 2.29. The van der Waals surface area contributed by atoms with Crippen LogP contribution >= 0.6 is 0 Å². The Morgan fingerprint density at radius 2 is 1.92 bits per heavy atom. The number of ether oxygens (including phenoxy) is 2. The quantitative estimate of drug-likeness (QED) is 0.550. The van der Waals surface area contributed by atoms with Crippen LogP contribution in [-0.2, 0) is 6.42 Å². The molecule has 6 nitrogen and oxygen atoms in total. The molecular formula is C28H27F2N3O3. The van der Waals surface area contributed by atoms with Gasteiger partial charge in [-0.15, -0.1) is 0 Å². The van der Waals surface area contributed by atoms with Gasteiger partial charge in [-0.2, -0.15) is 0 Å². The molecule has 3 heterocycles. The average molecular weight is 492 g/mol. The number of likely N-dealkylation sites (tertiary alicyclic amines) is 1. The number of nitrogens with one attached hydrogen (secondary N) is 1. The van der Waals surface area contributed by atoms with Crippen molar-refractivity contribution in [3.05, 3.63) is 64.8 Å². The number of halogens is 2. The van der Waals surface area contributed by atoms with E-state index >= 15 is 0 Å².